The minimum Gasteiger partial charge on any atom is -0.493 e. The molecule has 0 aliphatic carbocycles. The Labute approximate surface area is 230 Å². The summed E-state index contributed by atoms with van der Waals surface area (Å²) in [6.07, 6.45) is 0. The molecule has 1 N–H and O–H groups in total. The molecule has 0 spiro atoms. The second-order valence-electron chi connectivity index (χ2n) is 9.19. The van der Waals surface area contributed by atoms with Crippen LogP contribution in [0.1, 0.15) is 28.3 Å². The SMILES string of the molecule is COc1ccc(N(CC(=O)NC(c2ccccc2)c2ccc(C)cc2)S(=O)(=O)c2ccc(C)cc2)cc1OC. The lowest BCUT2D eigenvalue weighted by atomic mass is 9.98. The van der Waals surface area contributed by atoms with Crippen LogP contribution in [0.25, 0.3) is 0 Å². The largest absolute Gasteiger partial charge is 0.493 e. The van der Waals surface area contributed by atoms with Crippen LogP contribution in [0.2, 0.25) is 0 Å². The second kappa shape index (κ2) is 12.0. The molecule has 202 valence electrons. The van der Waals surface area contributed by atoms with Gasteiger partial charge in [0, 0.05) is 6.07 Å². The number of hydrogen-bond donors (Lipinski definition) is 1. The zero-order valence-electron chi connectivity index (χ0n) is 22.4. The Balaban J connectivity index is 1.72. The van der Waals surface area contributed by atoms with Gasteiger partial charge in [-0.3, -0.25) is 9.10 Å². The highest BCUT2D eigenvalue weighted by Crippen LogP contribution is 2.34. The third-order valence-electron chi connectivity index (χ3n) is 6.40. The molecule has 4 aromatic rings. The quantitative estimate of drug-likeness (QED) is 0.288. The molecule has 1 atom stereocenters. The molecule has 0 aliphatic heterocycles. The molecule has 0 bridgehead atoms. The molecule has 0 aliphatic rings. The van der Waals surface area contributed by atoms with Gasteiger partial charge >= 0.3 is 0 Å². The third kappa shape index (κ3) is 6.41. The van der Waals surface area contributed by atoms with Gasteiger partial charge in [-0.15, -0.1) is 0 Å². The highest BCUT2D eigenvalue weighted by Gasteiger charge is 2.29. The normalized spacial score (nSPS) is 11.9. The number of nitrogens with zero attached hydrogens (tertiary/aromatic N) is 1. The Morgan fingerprint density at radius 3 is 1.92 bits per heavy atom. The van der Waals surface area contributed by atoms with E-state index in [2.05, 4.69) is 5.32 Å². The number of anilines is 1. The minimum atomic E-state index is -4.11. The van der Waals surface area contributed by atoms with Crippen LogP contribution in [0.5, 0.6) is 11.5 Å². The molecule has 0 heterocycles. The van der Waals surface area contributed by atoms with Gasteiger partial charge in [0.25, 0.3) is 10.0 Å². The Hall–Kier alpha value is -4.30. The number of carbonyl (C=O) groups is 1. The van der Waals surface area contributed by atoms with Gasteiger partial charge in [-0.1, -0.05) is 77.9 Å². The fourth-order valence-corrected chi connectivity index (χ4v) is 5.65. The molecule has 0 fully saturated rings. The van der Waals surface area contributed by atoms with Crippen LogP contribution in [0.4, 0.5) is 5.69 Å². The van der Waals surface area contributed by atoms with Crippen molar-refractivity contribution >= 4 is 21.6 Å². The van der Waals surface area contributed by atoms with Gasteiger partial charge in [0.15, 0.2) is 11.5 Å². The molecule has 1 amide bonds. The Kier molecular flexibility index (Phi) is 8.56. The van der Waals surface area contributed by atoms with Crippen LogP contribution < -0.4 is 19.1 Å². The fraction of sp³-hybridized carbons (Fsp3) is 0.194. The van der Waals surface area contributed by atoms with Crippen molar-refractivity contribution in [2.75, 3.05) is 25.1 Å². The number of nitrogens with one attached hydrogen (secondary N) is 1. The number of amides is 1. The molecule has 4 rings (SSSR count). The van der Waals surface area contributed by atoms with Crippen LogP contribution in [0.15, 0.2) is 102 Å². The third-order valence-corrected chi connectivity index (χ3v) is 8.19. The summed E-state index contributed by atoms with van der Waals surface area (Å²) in [5.41, 5.74) is 4.07. The van der Waals surface area contributed by atoms with E-state index >= 15 is 0 Å². The van der Waals surface area contributed by atoms with E-state index in [1.165, 1.54) is 26.4 Å². The molecule has 4 aromatic carbocycles. The highest BCUT2D eigenvalue weighted by molar-refractivity contribution is 7.92. The van der Waals surface area contributed by atoms with Crippen LogP contribution in [-0.2, 0) is 14.8 Å². The number of ether oxygens (including phenoxy) is 2. The highest BCUT2D eigenvalue weighted by atomic mass is 32.2. The standard InChI is InChI=1S/C31H32N2O5S/c1-22-10-14-25(15-11-22)31(24-8-6-5-7-9-24)32-30(34)21-33(26-16-19-28(37-3)29(20-26)38-4)39(35,36)27-17-12-23(2)13-18-27/h5-20,31H,21H2,1-4H3,(H,32,34). The molecule has 7 nitrogen and oxygen atoms in total. The summed E-state index contributed by atoms with van der Waals surface area (Å²) in [6.45, 7) is 3.43. The summed E-state index contributed by atoms with van der Waals surface area (Å²) in [4.78, 5) is 13.7. The predicted molar refractivity (Wildman–Crippen MR) is 153 cm³/mol. The number of carbonyl (C=O) groups excluding carboxylic acids is 1. The second-order valence-corrected chi connectivity index (χ2v) is 11.0. The van der Waals surface area contributed by atoms with E-state index in [0.29, 0.717) is 11.5 Å². The van der Waals surface area contributed by atoms with Gasteiger partial charge < -0.3 is 14.8 Å². The molecular weight excluding hydrogens is 512 g/mol. The number of methoxy groups -OCH3 is 2. The van der Waals surface area contributed by atoms with Gasteiger partial charge in [0.05, 0.1) is 30.8 Å². The van der Waals surface area contributed by atoms with E-state index in [-0.39, 0.29) is 10.6 Å². The molecule has 0 saturated heterocycles. The van der Waals surface area contributed by atoms with E-state index < -0.39 is 28.5 Å². The average Bonchev–Trinajstić information content (AvgIpc) is 2.95. The van der Waals surface area contributed by atoms with Crippen molar-refractivity contribution in [3.05, 3.63) is 119 Å². The lowest BCUT2D eigenvalue weighted by Crippen LogP contribution is -2.42. The van der Waals surface area contributed by atoms with E-state index in [1.807, 2.05) is 68.4 Å². The first-order valence-electron chi connectivity index (χ1n) is 12.4. The van der Waals surface area contributed by atoms with Crippen LogP contribution in [0.3, 0.4) is 0 Å². The maximum absolute atomic E-state index is 13.9. The van der Waals surface area contributed by atoms with Crippen molar-refractivity contribution in [3.63, 3.8) is 0 Å². The minimum absolute atomic E-state index is 0.0776. The molecule has 8 heteroatoms. The van der Waals surface area contributed by atoms with Crippen molar-refractivity contribution in [2.24, 2.45) is 0 Å². The summed E-state index contributed by atoms with van der Waals surface area (Å²) in [7, 11) is -1.13. The summed E-state index contributed by atoms with van der Waals surface area (Å²) < 4.78 is 39.6. The topological polar surface area (TPSA) is 84.9 Å². The van der Waals surface area contributed by atoms with Crippen molar-refractivity contribution < 1.29 is 22.7 Å². The van der Waals surface area contributed by atoms with Crippen molar-refractivity contribution in [2.45, 2.75) is 24.8 Å². The number of aryl methyl sites for hydroxylation is 2. The van der Waals surface area contributed by atoms with E-state index in [4.69, 9.17) is 9.47 Å². The number of hydrogen-bond acceptors (Lipinski definition) is 5. The Morgan fingerprint density at radius 1 is 0.769 bits per heavy atom. The first-order chi connectivity index (χ1) is 18.7. The average molecular weight is 545 g/mol. The van der Waals surface area contributed by atoms with Gasteiger partial charge in [-0.2, -0.15) is 0 Å². The summed E-state index contributed by atoms with van der Waals surface area (Å²) in [5.74, 6) is 0.332. The zero-order valence-corrected chi connectivity index (χ0v) is 23.2. The number of rotatable bonds is 10. The number of benzene rings is 4. The van der Waals surface area contributed by atoms with E-state index in [0.717, 1.165) is 26.6 Å². The van der Waals surface area contributed by atoms with Gasteiger partial charge in [-0.25, -0.2) is 8.42 Å². The maximum Gasteiger partial charge on any atom is 0.264 e. The van der Waals surface area contributed by atoms with E-state index in [9.17, 15) is 13.2 Å². The van der Waals surface area contributed by atoms with Crippen molar-refractivity contribution in [1.82, 2.24) is 5.32 Å². The molecule has 0 radical (unpaired) electrons. The van der Waals surface area contributed by atoms with Crippen LogP contribution in [-0.4, -0.2) is 35.1 Å². The monoisotopic (exact) mass is 544 g/mol. The van der Waals surface area contributed by atoms with Crippen molar-refractivity contribution in [3.8, 4) is 11.5 Å². The summed E-state index contributed by atoms with van der Waals surface area (Å²) in [6, 6.07) is 28.3. The van der Waals surface area contributed by atoms with Crippen LogP contribution in [0, 0.1) is 13.8 Å². The van der Waals surface area contributed by atoms with Crippen LogP contribution >= 0.6 is 0 Å². The van der Waals surface area contributed by atoms with E-state index in [1.54, 1.807) is 30.3 Å². The molecule has 39 heavy (non-hydrogen) atoms. The number of sulfonamides is 1. The lowest BCUT2D eigenvalue weighted by Gasteiger charge is -2.27. The van der Waals surface area contributed by atoms with Gasteiger partial charge in [0.2, 0.25) is 5.91 Å². The molecule has 1 unspecified atom stereocenters. The zero-order chi connectivity index (χ0) is 28.0. The van der Waals surface area contributed by atoms with Crippen molar-refractivity contribution in [1.29, 1.82) is 0 Å². The van der Waals surface area contributed by atoms with Gasteiger partial charge in [-0.05, 0) is 49.2 Å². The lowest BCUT2D eigenvalue weighted by molar-refractivity contribution is -0.120. The molecule has 0 saturated carbocycles. The Morgan fingerprint density at radius 2 is 1.33 bits per heavy atom. The summed E-state index contributed by atoms with van der Waals surface area (Å²) in [5, 5.41) is 3.05. The first-order valence-corrected chi connectivity index (χ1v) is 13.9. The molecular formula is C31H32N2O5S. The molecule has 0 aromatic heterocycles. The maximum atomic E-state index is 13.9. The Bertz CT molecular complexity index is 1520. The fourth-order valence-electron chi connectivity index (χ4n) is 4.23. The predicted octanol–water partition coefficient (Wildman–Crippen LogP) is 5.42. The van der Waals surface area contributed by atoms with Gasteiger partial charge in [0.1, 0.15) is 6.54 Å². The first kappa shape index (κ1) is 27.7. The summed E-state index contributed by atoms with van der Waals surface area (Å²) >= 11 is 0. The smallest absolute Gasteiger partial charge is 0.264 e.